The van der Waals surface area contributed by atoms with Crippen molar-refractivity contribution in [2.24, 2.45) is 0 Å². The molecule has 0 saturated heterocycles. The lowest BCUT2D eigenvalue weighted by atomic mass is 10.0. The zero-order valence-electron chi connectivity index (χ0n) is 12.9. The molecule has 0 fully saturated rings. The summed E-state index contributed by atoms with van der Waals surface area (Å²) in [6.45, 7) is 7.32. The van der Waals surface area contributed by atoms with Gasteiger partial charge in [0.05, 0.1) is 11.3 Å². The molecule has 1 aromatic carbocycles. The summed E-state index contributed by atoms with van der Waals surface area (Å²) in [4.78, 5) is 23.5. The standard InChI is InChI=1S/C16H18N2O4/c1-8(2)14-13(10(4)18-22-14)15(19)17-12-7-11(16(20)21)6-5-9(12)3/h5-8H,1-4H3,(H,17,19)(H,20,21). The molecule has 0 saturated carbocycles. The predicted molar refractivity (Wildman–Crippen MR) is 81.4 cm³/mol. The summed E-state index contributed by atoms with van der Waals surface area (Å²) in [6, 6.07) is 4.59. The molecule has 0 unspecified atom stereocenters. The minimum absolute atomic E-state index is 0.0217. The van der Waals surface area contributed by atoms with E-state index >= 15 is 0 Å². The normalized spacial score (nSPS) is 10.8. The molecule has 0 aliphatic carbocycles. The molecular formula is C16H18N2O4. The lowest BCUT2D eigenvalue weighted by Gasteiger charge is -2.10. The number of carbonyl (C=O) groups is 2. The van der Waals surface area contributed by atoms with Gasteiger partial charge in [0.25, 0.3) is 5.91 Å². The van der Waals surface area contributed by atoms with E-state index in [1.165, 1.54) is 12.1 Å². The maximum Gasteiger partial charge on any atom is 0.335 e. The maximum absolute atomic E-state index is 12.5. The van der Waals surface area contributed by atoms with Crippen molar-refractivity contribution < 1.29 is 19.2 Å². The van der Waals surface area contributed by atoms with Crippen LogP contribution in [0.2, 0.25) is 0 Å². The molecule has 2 N–H and O–H groups in total. The van der Waals surface area contributed by atoms with Crippen LogP contribution >= 0.6 is 0 Å². The highest BCUT2D eigenvalue weighted by atomic mass is 16.5. The first-order chi connectivity index (χ1) is 10.3. The smallest absolute Gasteiger partial charge is 0.335 e. The average Bonchev–Trinajstić information content (AvgIpc) is 2.83. The first kappa shape index (κ1) is 15.8. The molecule has 0 aliphatic heterocycles. The predicted octanol–water partition coefficient (Wildman–Crippen LogP) is 3.37. The number of aromatic nitrogens is 1. The second kappa shape index (κ2) is 6.01. The summed E-state index contributed by atoms with van der Waals surface area (Å²) in [5.41, 5.74) is 2.26. The zero-order chi connectivity index (χ0) is 16.4. The molecule has 2 aromatic rings. The highest BCUT2D eigenvalue weighted by Gasteiger charge is 2.23. The number of hydrogen-bond acceptors (Lipinski definition) is 4. The topological polar surface area (TPSA) is 92.4 Å². The molecule has 6 nitrogen and oxygen atoms in total. The van der Waals surface area contributed by atoms with E-state index in [1.807, 2.05) is 13.8 Å². The van der Waals surface area contributed by atoms with Crippen molar-refractivity contribution in [1.82, 2.24) is 5.16 Å². The lowest BCUT2D eigenvalue weighted by Crippen LogP contribution is -2.16. The molecule has 6 heteroatoms. The van der Waals surface area contributed by atoms with Gasteiger partial charge in [-0.05, 0) is 31.5 Å². The Morgan fingerprint density at radius 2 is 1.95 bits per heavy atom. The van der Waals surface area contributed by atoms with E-state index in [2.05, 4.69) is 10.5 Å². The summed E-state index contributed by atoms with van der Waals surface area (Å²) >= 11 is 0. The van der Waals surface area contributed by atoms with E-state index in [9.17, 15) is 9.59 Å². The third kappa shape index (κ3) is 3.00. The van der Waals surface area contributed by atoms with Crippen molar-refractivity contribution in [1.29, 1.82) is 0 Å². The molecule has 0 bridgehead atoms. The van der Waals surface area contributed by atoms with Gasteiger partial charge in [0.2, 0.25) is 0 Å². The van der Waals surface area contributed by atoms with Crippen LogP contribution in [-0.2, 0) is 0 Å². The van der Waals surface area contributed by atoms with Gasteiger partial charge in [0.1, 0.15) is 5.56 Å². The number of nitrogens with one attached hydrogen (secondary N) is 1. The molecular weight excluding hydrogens is 284 g/mol. The number of aromatic carboxylic acids is 1. The fourth-order valence-corrected chi connectivity index (χ4v) is 2.13. The van der Waals surface area contributed by atoms with Crippen molar-refractivity contribution in [3.8, 4) is 0 Å². The van der Waals surface area contributed by atoms with Gasteiger partial charge in [0.15, 0.2) is 5.76 Å². The van der Waals surface area contributed by atoms with Crippen LogP contribution in [0.25, 0.3) is 0 Å². The molecule has 22 heavy (non-hydrogen) atoms. The van der Waals surface area contributed by atoms with Gasteiger partial charge in [-0.2, -0.15) is 0 Å². The number of carbonyl (C=O) groups excluding carboxylic acids is 1. The monoisotopic (exact) mass is 302 g/mol. The number of anilines is 1. The Balaban J connectivity index is 2.36. The van der Waals surface area contributed by atoms with Crippen LogP contribution in [0.15, 0.2) is 22.7 Å². The third-order valence-corrected chi connectivity index (χ3v) is 3.37. The van der Waals surface area contributed by atoms with Gasteiger partial charge in [-0.1, -0.05) is 25.1 Å². The van der Waals surface area contributed by atoms with E-state index < -0.39 is 5.97 Å². The Kier molecular flexibility index (Phi) is 4.30. The van der Waals surface area contributed by atoms with Gasteiger partial charge < -0.3 is 14.9 Å². The fourth-order valence-electron chi connectivity index (χ4n) is 2.13. The van der Waals surface area contributed by atoms with Crippen molar-refractivity contribution >= 4 is 17.6 Å². The van der Waals surface area contributed by atoms with Crippen molar-refractivity contribution in [2.45, 2.75) is 33.6 Å². The highest BCUT2D eigenvalue weighted by molar-refractivity contribution is 6.06. The number of carboxylic acids is 1. The second-order valence-electron chi connectivity index (χ2n) is 5.45. The Bertz CT molecular complexity index is 732. The molecule has 1 aromatic heterocycles. The van der Waals surface area contributed by atoms with Crippen LogP contribution in [0.1, 0.15) is 57.5 Å². The average molecular weight is 302 g/mol. The Labute approximate surface area is 128 Å². The second-order valence-corrected chi connectivity index (χ2v) is 5.45. The highest BCUT2D eigenvalue weighted by Crippen LogP contribution is 2.24. The number of nitrogens with zero attached hydrogens (tertiary/aromatic N) is 1. The largest absolute Gasteiger partial charge is 0.478 e. The summed E-state index contributed by atoms with van der Waals surface area (Å²) in [6.07, 6.45) is 0. The van der Waals surface area contributed by atoms with Crippen LogP contribution < -0.4 is 5.32 Å². The number of hydrogen-bond donors (Lipinski definition) is 2. The van der Waals surface area contributed by atoms with E-state index in [4.69, 9.17) is 9.63 Å². The van der Waals surface area contributed by atoms with Crippen LogP contribution in [-0.4, -0.2) is 22.1 Å². The van der Waals surface area contributed by atoms with Crippen LogP contribution in [0.4, 0.5) is 5.69 Å². The summed E-state index contributed by atoms with van der Waals surface area (Å²) < 4.78 is 5.20. The lowest BCUT2D eigenvalue weighted by molar-refractivity contribution is 0.0696. The number of carboxylic acid groups (broad SMARTS) is 1. The number of amides is 1. The SMILES string of the molecule is Cc1ccc(C(=O)O)cc1NC(=O)c1c(C)noc1C(C)C. The number of aryl methyl sites for hydroxylation is 2. The quantitative estimate of drug-likeness (QED) is 0.903. The van der Waals surface area contributed by atoms with E-state index in [0.29, 0.717) is 22.7 Å². The van der Waals surface area contributed by atoms with Crippen LogP contribution in [0, 0.1) is 13.8 Å². The Morgan fingerprint density at radius 1 is 1.27 bits per heavy atom. The summed E-state index contributed by atoms with van der Waals surface area (Å²) in [5.74, 6) is -0.858. The molecule has 0 aliphatic rings. The maximum atomic E-state index is 12.5. The van der Waals surface area contributed by atoms with Crippen molar-refractivity contribution in [2.75, 3.05) is 5.32 Å². The molecule has 0 radical (unpaired) electrons. The molecule has 1 amide bonds. The van der Waals surface area contributed by atoms with Crippen LogP contribution in [0.5, 0.6) is 0 Å². The van der Waals surface area contributed by atoms with Crippen LogP contribution in [0.3, 0.4) is 0 Å². The van der Waals surface area contributed by atoms with Gasteiger partial charge in [-0.3, -0.25) is 4.79 Å². The Hall–Kier alpha value is -2.63. The van der Waals surface area contributed by atoms with E-state index in [-0.39, 0.29) is 17.4 Å². The van der Waals surface area contributed by atoms with Crippen molar-refractivity contribution in [3.63, 3.8) is 0 Å². The van der Waals surface area contributed by atoms with Crippen molar-refractivity contribution in [3.05, 3.63) is 46.3 Å². The van der Waals surface area contributed by atoms with E-state index in [0.717, 1.165) is 5.56 Å². The first-order valence-corrected chi connectivity index (χ1v) is 6.92. The Morgan fingerprint density at radius 3 is 2.55 bits per heavy atom. The molecule has 2 rings (SSSR count). The minimum atomic E-state index is -1.04. The summed E-state index contributed by atoms with van der Waals surface area (Å²) in [7, 11) is 0. The van der Waals surface area contributed by atoms with Gasteiger partial charge in [-0.15, -0.1) is 0 Å². The number of benzene rings is 1. The summed E-state index contributed by atoms with van der Waals surface area (Å²) in [5, 5.41) is 15.6. The molecule has 116 valence electrons. The van der Waals surface area contributed by atoms with E-state index in [1.54, 1.807) is 19.9 Å². The first-order valence-electron chi connectivity index (χ1n) is 6.92. The van der Waals surface area contributed by atoms with Gasteiger partial charge in [0, 0.05) is 11.6 Å². The molecule has 0 atom stereocenters. The van der Waals surface area contributed by atoms with Gasteiger partial charge in [-0.25, -0.2) is 4.79 Å². The number of rotatable bonds is 4. The fraction of sp³-hybridized carbons (Fsp3) is 0.312. The zero-order valence-corrected chi connectivity index (χ0v) is 12.9. The third-order valence-electron chi connectivity index (χ3n) is 3.37. The van der Waals surface area contributed by atoms with Gasteiger partial charge >= 0.3 is 5.97 Å². The molecule has 1 heterocycles. The minimum Gasteiger partial charge on any atom is -0.478 e. The molecule has 0 spiro atoms.